The lowest BCUT2D eigenvalue weighted by molar-refractivity contribution is -0.120. The van der Waals surface area contributed by atoms with E-state index in [0.29, 0.717) is 19.1 Å². The summed E-state index contributed by atoms with van der Waals surface area (Å²) in [7, 11) is 0. The largest absolute Gasteiger partial charge is 0.470 e. The number of amides is 1. The molecule has 0 aliphatic carbocycles. The van der Waals surface area contributed by atoms with Gasteiger partial charge in [0.15, 0.2) is 0 Å². The lowest BCUT2D eigenvalue weighted by Gasteiger charge is -2.35. The molecule has 2 aromatic rings. The minimum absolute atomic E-state index is 0.221. The number of aromatic nitrogens is 1. The normalized spacial score (nSPS) is 20.6. The van der Waals surface area contributed by atoms with Crippen LogP contribution in [0.15, 0.2) is 35.8 Å². The lowest BCUT2D eigenvalue weighted by atomic mass is 9.98. The van der Waals surface area contributed by atoms with Gasteiger partial charge in [0.2, 0.25) is 5.91 Å². The number of hydrogen-bond donors (Lipinski definition) is 0. The zero-order chi connectivity index (χ0) is 17.8. The number of piperidine rings is 1. The number of rotatable bonds is 5. The fourth-order valence-corrected chi connectivity index (χ4v) is 4.47. The molecule has 1 aromatic carbocycles. The molecule has 0 bridgehead atoms. The highest BCUT2D eigenvalue weighted by atomic mass is 32.1. The summed E-state index contributed by atoms with van der Waals surface area (Å²) in [5, 5.41) is 2.67. The van der Waals surface area contributed by atoms with E-state index in [1.807, 2.05) is 16.3 Å². The van der Waals surface area contributed by atoms with Crippen molar-refractivity contribution in [2.24, 2.45) is 5.92 Å². The van der Waals surface area contributed by atoms with Crippen LogP contribution in [0.3, 0.4) is 0 Å². The Morgan fingerprint density at radius 1 is 1.27 bits per heavy atom. The first-order chi connectivity index (χ1) is 12.8. The Balaban J connectivity index is 1.33. The molecule has 0 saturated carbocycles. The average molecular weight is 372 g/mol. The Bertz CT molecular complexity index is 734. The molecular weight excluding hydrogens is 346 g/mol. The van der Waals surface area contributed by atoms with Crippen LogP contribution in [-0.4, -0.2) is 48.6 Å². The number of thiazole rings is 1. The predicted octanol–water partition coefficient (Wildman–Crippen LogP) is 3.21. The molecule has 1 unspecified atom stereocenters. The maximum atomic E-state index is 12.9. The van der Waals surface area contributed by atoms with Gasteiger partial charge in [-0.05, 0) is 43.9 Å². The van der Waals surface area contributed by atoms with E-state index >= 15 is 0 Å². The molecule has 6 heteroatoms. The van der Waals surface area contributed by atoms with E-state index in [2.05, 4.69) is 28.1 Å². The molecule has 2 aliphatic heterocycles. The molecule has 0 N–H and O–H groups in total. The van der Waals surface area contributed by atoms with Gasteiger partial charge in [0, 0.05) is 36.3 Å². The minimum atomic E-state index is 0.221. The van der Waals surface area contributed by atoms with E-state index in [9.17, 15) is 4.79 Å². The SMILES string of the molecule is O=C(CN1CCCC(COc2nccs2)C1)N1CCCc2ccccc21. The second kappa shape index (κ2) is 8.18. The van der Waals surface area contributed by atoms with Crippen molar-refractivity contribution in [1.29, 1.82) is 0 Å². The number of para-hydroxylation sites is 1. The number of carbonyl (C=O) groups is 1. The van der Waals surface area contributed by atoms with E-state index in [4.69, 9.17) is 4.74 Å². The summed E-state index contributed by atoms with van der Waals surface area (Å²) in [4.78, 5) is 21.4. The van der Waals surface area contributed by atoms with Crippen LogP contribution < -0.4 is 9.64 Å². The van der Waals surface area contributed by atoms with Gasteiger partial charge in [-0.3, -0.25) is 9.69 Å². The van der Waals surface area contributed by atoms with E-state index in [-0.39, 0.29) is 5.91 Å². The van der Waals surface area contributed by atoms with Crippen LogP contribution >= 0.6 is 11.3 Å². The molecule has 0 spiro atoms. The first kappa shape index (κ1) is 17.5. The Kier molecular flexibility index (Phi) is 5.51. The van der Waals surface area contributed by atoms with Crippen molar-refractivity contribution in [3.63, 3.8) is 0 Å². The molecule has 138 valence electrons. The van der Waals surface area contributed by atoms with Crippen LogP contribution in [0.2, 0.25) is 0 Å². The summed E-state index contributed by atoms with van der Waals surface area (Å²) >= 11 is 1.53. The fourth-order valence-electron chi connectivity index (χ4n) is 3.97. The van der Waals surface area contributed by atoms with Gasteiger partial charge in [0.25, 0.3) is 5.19 Å². The van der Waals surface area contributed by atoms with Gasteiger partial charge in [0.05, 0.1) is 13.2 Å². The molecular formula is C20H25N3O2S. The number of fused-ring (bicyclic) bond motifs is 1. The highest BCUT2D eigenvalue weighted by Gasteiger charge is 2.27. The first-order valence-corrected chi connectivity index (χ1v) is 10.3. The number of carbonyl (C=O) groups excluding carboxylic acids is 1. The van der Waals surface area contributed by atoms with Crippen LogP contribution in [0.1, 0.15) is 24.8 Å². The summed E-state index contributed by atoms with van der Waals surface area (Å²) in [6, 6.07) is 8.30. The number of ether oxygens (including phenoxy) is 1. The van der Waals surface area contributed by atoms with E-state index < -0.39 is 0 Å². The number of aryl methyl sites for hydroxylation is 1. The average Bonchev–Trinajstić information content (AvgIpc) is 3.20. The van der Waals surface area contributed by atoms with Crippen molar-refractivity contribution in [3.05, 3.63) is 41.4 Å². The standard InChI is InChI=1S/C20H25N3O2S/c24-19(23-11-4-7-17-6-1-2-8-18(17)23)14-22-10-3-5-16(13-22)15-25-20-21-9-12-26-20/h1-2,6,8-9,12,16H,3-5,7,10-11,13-15H2. The summed E-state index contributed by atoms with van der Waals surface area (Å²) in [6.07, 6.45) is 6.16. The van der Waals surface area contributed by atoms with Gasteiger partial charge in [0.1, 0.15) is 0 Å². The van der Waals surface area contributed by atoms with Gasteiger partial charge in [-0.2, -0.15) is 0 Å². The summed E-state index contributed by atoms with van der Waals surface area (Å²) in [5.74, 6) is 0.688. The molecule has 3 heterocycles. The molecule has 1 saturated heterocycles. The van der Waals surface area contributed by atoms with Gasteiger partial charge >= 0.3 is 0 Å². The second-order valence-electron chi connectivity index (χ2n) is 7.13. The van der Waals surface area contributed by atoms with Gasteiger partial charge in [-0.25, -0.2) is 4.98 Å². The first-order valence-electron chi connectivity index (χ1n) is 9.42. The van der Waals surface area contributed by atoms with Crippen molar-refractivity contribution >= 4 is 22.9 Å². The monoisotopic (exact) mass is 371 g/mol. The van der Waals surface area contributed by atoms with Crippen molar-refractivity contribution < 1.29 is 9.53 Å². The van der Waals surface area contributed by atoms with Crippen molar-refractivity contribution in [1.82, 2.24) is 9.88 Å². The Morgan fingerprint density at radius 3 is 3.08 bits per heavy atom. The molecule has 4 rings (SSSR count). The smallest absolute Gasteiger partial charge is 0.273 e. The highest BCUT2D eigenvalue weighted by molar-refractivity contribution is 7.11. The topological polar surface area (TPSA) is 45.7 Å². The molecule has 0 radical (unpaired) electrons. The second-order valence-corrected chi connectivity index (χ2v) is 7.99. The summed E-state index contributed by atoms with van der Waals surface area (Å²) < 4.78 is 5.79. The third-order valence-electron chi connectivity index (χ3n) is 5.23. The van der Waals surface area contributed by atoms with E-state index in [1.54, 1.807) is 6.20 Å². The van der Waals surface area contributed by atoms with Crippen LogP contribution in [-0.2, 0) is 11.2 Å². The number of nitrogens with zero attached hydrogens (tertiary/aromatic N) is 3. The zero-order valence-corrected chi connectivity index (χ0v) is 15.8. The van der Waals surface area contributed by atoms with Crippen LogP contribution in [0.4, 0.5) is 5.69 Å². The van der Waals surface area contributed by atoms with E-state index in [1.165, 1.54) is 16.9 Å². The van der Waals surface area contributed by atoms with Crippen LogP contribution in [0, 0.1) is 5.92 Å². The molecule has 26 heavy (non-hydrogen) atoms. The van der Waals surface area contributed by atoms with Gasteiger partial charge < -0.3 is 9.64 Å². The third kappa shape index (κ3) is 4.07. The Hall–Kier alpha value is -1.92. The van der Waals surface area contributed by atoms with Crippen molar-refractivity contribution in [2.45, 2.75) is 25.7 Å². The lowest BCUT2D eigenvalue weighted by Crippen LogP contribution is -2.46. The fraction of sp³-hybridized carbons (Fsp3) is 0.500. The number of benzene rings is 1. The number of likely N-dealkylation sites (tertiary alicyclic amines) is 1. The van der Waals surface area contributed by atoms with Gasteiger partial charge in [-0.1, -0.05) is 29.5 Å². The summed E-state index contributed by atoms with van der Waals surface area (Å²) in [5.41, 5.74) is 2.39. The molecule has 2 aliphatic rings. The van der Waals surface area contributed by atoms with Crippen molar-refractivity contribution in [2.75, 3.05) is 37.7 Å². The molecule has 1 amide bonds. The quantitative estimate of drug-likeness (QED) is 0.810. The highest BCUT2D eigenvalue weighted by Crippen LogP contribution is 2.27. The van der Waals surface area contributed by atoms with Crippen LogP contribution in [0.25, 0.3) is 0 Å². The molecule has 1 aromatic heterocycles. The molecule has 1 atom stereocenters. The van der Waals surface area contributed by atoms with E-state index in [0.717, 1.165) is 56.2 Å². The Morgan fingerprint density at radius 2 is 2.19 bits per heavy atom. The minimum Gasteiger partial charge on any atom is -0.470 e. The Labute approximate surface area is 158 Å². The zero-order valence-electron chi connectivity index (χ0n) is 15.0. The summed E-state index contributed by atoms with van der Waals surface area (Å²) in [6.45, 7) is 3.94. The van der Waals surface area contributed by atoms with Crippen LogP contribution in [0.5, 0.6) is 5.19 Å². The maximum Gasteiger partial charge on any atom is 0.273 e. The number of anilines is 1. The maximum absolute atomic E-state index is 12.9. The van der Waals surface area contributed by atoms with Gasteiger partial charge in [-0.15, -0.1) is 0 Å². The molecule has 5 nitrogen and oxygen atoms in total. The predicted molar refractivity (Wildman–Crippen MR) is 104 cm³/mol. The molecule has 1 fully saturated rings. The third-order valence-corrected chi connectivity index (χ3v) is 5.91. The van der Waals surface area contributed by atoms with Crippen molar-refractivity contribution in [3.8, 4) is 5.19 Å². The number of hydrogen-bond acceptors (Lipinski definition) is 5.